The fraction of sp³-hybridized carbons (Fsp3) is 0.238. The first-order chi connectivity index (χ1) is 14.2. The molecule has 0 bridgehead atoms. The molecule has 2 N–H and O–H groups in total. The third kappa shape index (κ3) is 3.49. The maximum absolute atomic E-state index is 12.8. The molecule has 3 aromatic heterocycles. The molecular formula is C21H19N3O3S2. The maximum atomic E-state index is 12.8. The van der Waals surface area contributed by atoms with Crippen LogP contribution in [0.3, 0.4) is 0 Å². The van der Waals surface area contributed by atoms with E-state index in [1.807, 2.05) is 48.0 Å². The van der Waals surface area contributed by atoms with Gasteiger partial charge < -0.3 is 19.8 Å². The summed E-state index contributed by atoms with van der Waals surface area (Å²) in [7, 11) is 0. The van der Waals surface area contributed by atoms with Crippen molar-refractivity contribution in [3.63, 3.8) is 0 Å². The Hall–Kier alpha value is -2.84. The fourth-order valence-electron chi connectivity index (χ4n) is 3.36. The van der Waals surface area contributed by atoms with E-state index >= 15 is 0 Å². The van der Waals surface area contributed by atoms with Crippen molar-refractivity contribution in [2.45, 2.75) is 19.4 Å². The molecule has 0 radical (unpaired) electrons. The quantitative estimate of drug-likeness (QED) is 0.479. The zero-order valence-corrected chi connectivity index (χ0v) is 17.4. The average Bonchev–Trinajstić information content (AvgIpc) is 3.33. The Morgan fingerprint density at radius 1 is 1.17 bits per heavy atom. The van der Waals surface area contributed by atoms with E-state index in [1.54, 1.807) is 11.3 Å². The van der Waals surface area contributed by atoms with Gasteiger partial charge in [-0.2, -0.15) is 0 Å². The van der Waals surface area contributed by atoms with Gasteiger partial charge in [0.05, 0.1) is 24.6 Å². The zero-order valence-electron chi connectivity index (χ0n) is 15.7. The number of aromatic amines is 1. The molecule has 1 aliphatic heterocycles. The summed E-state index contributed by atoms with van der Waals surface area (Å²) in [6.07, 6.45) is 0.868. The van der Waals surface area contributed by atoms with Gasteiger partial charge >= 0.3 is 0 Å². The molecule has 1 aliphatic rings. The molecule has 0 saturated heterocycles. The van der Waals surface area contributed by atoms with Gasteiger partial charge in [0.1, 0.15) is 10.7 Å². The SMILES string of the molecule is CC(Nc1ccc2c(c1)OCCCO2)c1nc2scc(-c3cccs3)c2c(=O)[nH]1. The van der Waals surface area contributed by atoms with Crippen LogP contribution < -0.4 is 20.3 Å². The monoisotopic (exact) mass is 425 g/mol. The molecule has 1 aromatic carbocycles. The number of aromatic nitrogens is 2. The van der Waals surface area contributed by atoms with Crippen molar-refractivity contribution in [1.82, 2.24) is 9.97 Å². The third-order valence-corrected chi connectivity index (χ3v) is 6.57. The number of nitrogens with zero attached hydrogens (tertiary/aromatic N) is 1. The molecular weight excluding hydrogens is 406 g/mol. The number of anilines is 1. The topological polar surface area (TPSA) is 76.2 Å². The average molecular weight is 426 g/mol. The molecule has 1 unspecified atom stereocenters. The van der Waals surface area contributed by atoms with Gasteiger partial charge in [-0.05, 0) is 30.5 Å². The Morgan fingerprint density at radius 2 is 2.03 bits per heavy atom. The van der Waals surface area contributed by atoms with Crippen LogP contribution >= 0.6 is 22.7 Å². The van der Waals surface area contributed by atoms with Crippen LogP contribution in [0.1, 0.15) is 25.2 Å². The molecule has 8 heteroatoms. The van der Waals surface area contributed by atoms with E-state index in [0.717, 1.165) is 38.9 Å². The highest BCUT2D eigenvalue weighted by atomic mass is 32.1. The first kappa shape index (κ1) is 18.2. The van der Waals surface area contributed by atoms with Crippen molar-refractivity contribution in [3.8, 4) is 21.9 Å². The second kappa shape index (κ2) is 7.53. The van der Waals surface area contributed by atoms with Crippen molar-refractivity contribution < 1.29 is 9.47 Å². The molecule has 0 spiro atoms. The lowest BCUT2D eigenvalue weighted by Gasteiger charge is -2.16. The fourth-order valence-corrected chi connectivity index (χ4v) is 5.12. The Morgan fingerprint density at radius 3 is 2.86 bits per heavy atom. The molecule has 4 aromatic rings. The zero-order chi connectivity index (χ0) is 19.8. The van der Waals surface area contributed by atoms with E-state index in [4.69, 9.17) is 14.5 Å². The summed E-state index contributed by atoms with van der Waals surface area (Å²) in [5.74, 6) is 2.10. The van der Waals surface area contributed by atoms with Crippen molar-refractivity contribution in [2.75, 3.05) is 18.5 Å². The molecule has 1 atom stereocenters. The lowest BCUT2D eigenvalue weighted by atomic mass is 10.2. The summed E-state index contributed by atoms with van der Waals surface area (Å²) in [6, 6.07) is 9.61. The Labute approximate surface area is 175 Å². The molecule has 0 amide bonds. The van der Waals surface area contributed by atoms with Crippen molar-refractivity contribution >= 4 is 38.6 Å². The van der Waals surface area contributed by atoms with E-state index in [1.165, 1.54) is 11.3 Å². The van der Waals surface area contributed by atoms with Crippen molar-refractivity contribution in [1.29, 1.82) is 0 Å². The lowest BCUT2D eigenvalue weighted by Crippen LogP contribution is -2.17. The molecule has 0 saturated carbocycles. The van der Waals surface area contributed by atoms with Crippen LogP contribution in [0.25, 0.3) is 20.7 Å². The van der Waals surface area contributed by atoms with Gasteiger partial charge in [-0.25, -0.2) is 4.98 Å². The number of fused-ring (bicyclic) bond motifs is 2. The standard InChI is InChI=1S/C21H19N3O3S2/c1-12(22-13-5-6-15-16(10-13)27-8-3-7-26-15)19-23-20(25)18-14(11-29-21(18)24-19)17-4-2-9-28-17/h2,4-6,9-12,22H,3,7-8H2,1H3,(H,23,24,25). The summed E-state index contributed by atoms with van der Waals surface area (Å²) in [6.45, 7) is 3.28. The number of H-pyrrole nitrogens is 1. The van der Waals surface area contributed by atoms with Gasteiger partial charge in [0.2, 0.25) is 0 Å². The molecule has 5 rings (SSSR count). The molecule has 4 heterocycles. The Bertz CT molecular complexity index is 1210. The van der Waals surface area contributed by atoms with Crippen LogP contribution in [0.5, 0.6) is 11.5 Å². The lowest BCUT2D eigenvalue weighted by molar-refractivity contribution is 0.297. The summed E-state index contributed by atoms with van der Waals surface area (Å²) in [4.78, 5) is 22.3. The van der Waals surface area contributed by atoms with Crippen molar-refractivity contribution in [3.05, 3.63) is 57.3 Å². The van der Waals surface area contributed by atoms with Gasteiger partial charge in [0.25, 0.3) is 5.56 Å². The largest absolute Gasteiger partial charge is 0.490 e. The maximum Gasteiger partial charge on any atom is 0.260 e. The number of benzene rings is 1. The van der Waals surface area contributed by atoms with Gasteiger partial charge in [-0.15, -0.1) is 22.7 Å². The minimum absolute atomic E-state index is 0.109. The van der Waals surface area contributed by atoms with Gasteiger partial charge in [0.15, 0.2) is 11.5 Å². The predicted octanol–water partition coefficient (Wildman–Crippen LogP) is 5.05. The predicted molar refractivity (Wildman–Crippen MR) is 118 cm³/mol. The summed E-state index contributed by atoms with van der Waals surface area (Å²) < 4.78 is 11.4. The summed E-state index contributed by atoms with van der Waals surface area (Å²) >= 11 is 3.12. The van der Waals surface area contributed by atoms with E-state index < -0.39 is 0 Å². The van der Waals surface area contributed by atoms with Crippen LogP contribution in [0.15, 0.2) is 45.9 Å². The van der Waals surface area contributed by atoms with E-state index in [9.17, 15) is 4.79 Å². The van der Waals surface area contributed by atoms with Gasteiger partial charge in [0, 0.05) is 34.0 Å². The first-order valence-corrected chi connectivity index (χ1v) is 11.2. The molecule has 29 heavy (non-hydrogen) atoms. The summed E-state index contributed by atoms with van der Waals surface area (Å²) in [5, 5.41) is 8.06. The Kier molecular flexibility index (Phi) is 4.73. The van der Waals surface area contributed by atoms with Crippen LogP contribution in [0.2, 0.25) is 0 Å². The normalized spacial score (nSPS) is 14.5. The van der Waals surface area contributed by atoms with Gasteiger partial charge in [-0.3, -0.25) is 4.79 Å². The summed E-state index contributed by atoms with van der Waals surface area (Å²) in [5.41, 5.74) is 1.72. The smallest absolute Gasteiger partial charge is 0.260 e. The second-order valence-electron chi connectivity index (χ2n) is 6.84. The van der Waals surface area contributed by atoms with E-state index in [-0.39, 0.29) is 11.6 Å². The minimum Gasteiger partial charge on any atom is -0.490 e. The van der Waals surface area contributed by atoms with E-state index in [2.05, 4.69) is 10.3 Å². The van der Waals surface area contributed by atoms with Crippen molar-refractivity contribution in [2.24, 2.45) is 0 Å². The molecule has 0 fully saturated rings. The number of hydrogen-bond donors (Lipinski definition) is 2. The van der Waals surface area contributed by atoms with Gasteiger partial charge in [-0.1, -0.05) is 6.07 Å². The second-order valence-corrected chi connectivity index (χ2v) is 8.64. The van der Waals surface area contributed by atoms with Crippen LogP contribution in [0, 0.1) is 0 Å². The molecule has 6 nitrogen and oxygen atoms in total. The highest BCUT2D eigenvalue weighted by molar-refractivity contribution is 7.18. The third-order valence-electron chi connectivity index (χ3n) is 4.79. The van der Waals surface area contributed by atoms with Crippen LogP contribution in [-0.4, -0.2) is 23.2 Å². The van der Waals surface area contributed by atoms with E-state index in [0.29, 0.717) is 24.4 Å². The number of hydrogen-bond acceptors (Lipinski definition) is 7. The molecule has 148 valence electrons. The van der Waals surface area contributed by atoms with Crippen LogP contribution in [-0.2, 0) is 0 Å². The number of thiophene rings is 2. The number of nitrogens with one attached hydrogen (secondary N) is 2. The highest BCUT2D eigenvalue weighted by Crippen LogP contribution is 2.35. The van der Waals surface area contributed by atoms with Crippen LogP contribution in [0.4, 0.5) is 5.69 Å². The minimum atomic E-state index is -0.177. The highest BCUT2D eigenvalue weighted by Gasteiger charge is 2.17. The Balaban J connectivity index is 1.44. The molecule has 0 aliphatic carbocycles. The first-order valence-electron chi connectivity index (χ1n) is 9.40. The number of ether oxygens (including phenoxy) is 2. The number of rotatable bonds is 4.